The lowest BCUT2D eigenvalue weighted by molar-refractivity contribution is -0.138. The van der Waals surface area contributed by atoms with E-state index in [2.05, 4.69) is 10.3 Å². The number of amides is 1. The van der Waals surface area contributed by atoms with E-state index in [-0.39, 0.29) is 30.5 Å². The van der Waals surface area contributed by atoms with Crippen LogP contribution in [0.25, 0.3) is 0 Å². The summed E-state index contributed by atoms with van der Waals surface area (Å²) in [6.45, 7) is 1.55. The first-order valence-corrected chi connectivity index (χ1v) is 11.5. The lowest BCUT2D eigenvalue weighted by Gasteiger charge is -2.54. The SMILES string of the molecule is O=C(CC1CN(Cc2cnccc2C(F)(F)F)CCO1)NC1C2CC3CC(C2)CC1C3. The predicted molar refractivity (Wildman–Crippen MR) is 108 cm³/mol. The molecule has 2 heterocycles. The van der Waals surface area contributed by atoms with Gasteiger partial charge in [-0.25, -0.2) is 0 Å². The molecule has 31 heavy (non-hydrogen) atoms. The molecule has 1 N–H and O–H groups in total. The van der Waals surface area contributed by atoms with Crippen molar-refractivity contribution >= 4 is 5.91 Å². The summed E-state index contributed by atoms with van der Waals surface area (Å²) < 4.78 is 45.6. The Labute approximate surface area is 180 Å². The number of nitrogens with zero attached hydrogens (tertiary/aromatic N) is 2. The van der Waals surface area contributed by atoms with Crippen molar-refractivity contribution in [2.75, 3.05) is 19.7 Å². The van der Waals surface area contributed by atoms with Gasteiger partial charge in [-0.15, -0.1) is 0 Å². The van der Waals surface area contributed by atoms with Crippen LogP contribution in [0.3, 0.4) is 0 Å². The maximum Gasteiger partial charge on any atom is 0.416 e. The first kappa shape index (κ1) is 21.2. The highest BCUT2D eigenvalue weighted by atomic mass is 19.4. The van der Waals surface area contributed by atoms with Crippen molar-refractivity contribution in [1.29, 1.82) is 0 Å². The number of aromatic nitrogens is 1. The number of halogens is 3. The molecule has 5 nitrogen and oxygen atoms in total. The van der Waals surface area contributed by atoms with Crippen molar-refractivity contribution < 1.29 is 22.7 Å². The molecule has 0 aromatic carbocycles. The summed E-state index contributed by atoms with van der Waals surface area (Å²) in [6.07, 6.45) is 4.40. The Morgan fingerprint density at radius 1 is 1.16 bits per heavy atom. The van der Waals surface area contributed by atoms with Crippen LogP contribution >= 0.6 is 0 Å². The number of ether oxygens (including phenoxy) is 1. The van der Waals surface area contributed by atoms with Crippen LogP contribution in [0.2, 0.25) is 0 Å². The van der Waals surface area contributed by atoms with E-state index >= 15 is 0 Å². The van der Waals surface area contributed by atoms with Gasteiger partial charge in [0, 0.05) is 38.1 Å². The molecule has 5 fully saturated rings. The Balaban J connectivity index is 1.16. The predicted octanol–water partition coefficient (Wildman–Crippen LogP) is 3.63. The fourth-order valence-electron chi connectivity index (χ4n) is 6.73. The zero-order valence-electron chi connectivity index (χ0n) is 17.6. The van der Waals surface area contributed by atoms with Crippen molar-refractivity contribution in [2.45, 2.75) is 63.4 Å². The molecule has 1 saturated heterocycles. The van der Waals surface area contributed by atoms with Crippen LogP contribution in [0.15, 0.2) is 18.5 Å². The van der Waals surface area contributed by atoms with Crippen molar-refractivity contribution in [3.8, 4) is 0 Å². The summed E-state index contributed by atoms with van der Waals surface area (Å²) in [5, 5.41) is 3.31. The monoisotopic (exact) mass is 437 g/mol. The number of rotatable bonds is 5. The molecule has 1 aromatic rings. The van der Waals surface area contributed by atoms with Crippen molar-refractivity contribution in [2.24, 2.45) is 23.7 Å². The van der Waals surface area contributed by atoms with Gasteiger partial charge in [-0.3, -0.25) is 14.7 Å². The normalized spacial score (nSPS) is 35.3. The van der Waals surface area contributed by atoms with Crippen molar-refractivity contribution in [3.05, 3.63) is 29.6 Å². The molecule has 1 amide bonds. The summed E-state index contributed by atoms with van der Waals surface area (Å²) in [6, 6.07) is 1.32. The van der Waals surface area contributed by atoms with Gasteiger partial charge >= 0.3 is 6.18 Å². The zero-order chi connectivity index (χ0) is 21.6. The molecule has 4 bridgehead atoms. The summed E-state index contributed by atoms with van der Waals surface area (Å²) in [4.78, 5) is 18.6. The third-order valence-corrected chi connectivity index (χ3v) is 7.79. The zero-order valence-corrected chi connectivity index (χ0v) is 17.6. The van der Waals surface area contributed by atoms with Gasteiger partial charge in [0.25, 0.3) is 0 Å². The topological polar surface area (TPSA) is 54.5 Å². The van der Waals surface area contributed by atoms with Gasteiger partial charge in [0.2, 0.25) is 5.91 Å². The lowest BCUT2D eigenvalue weighted by Crippen LogP contribution is -2.56. The first-order valence-electron chi connectivity index (χ1n) is 11.5. The third-order valence-electron chi connectivity index (χ3n) is 7.79. The standard InChI is InChI=1S/C23H30F3N3O2/c24-23(25,26)20-1-2-27-11-18(20)12-29-3-4-31-19(13-29)10-21(30)28-22-16-6-14-5-15(8-16)9-17(22)7-14/h1-2,11,14-17,19,22H,3-10,12-13H2,(H,28,30). The van der Waals surface area contributed by atoms with Crippen LogP contribution in [0.4, 0.5) is 13.2 Å². The number of pyridine rings is 1. The highest BCUT2D eigenvalue weighted by Gasteiger charge is 2.48. The molecule has 4 saturated carbocycles. The van der Waals surface area contributed by atoms with E-state index in [0.717, 1.165) is 17.9 Å². The largest absolute Gasteiger partial charge is 0.416 e. The summed E-state index contributed by atoms with van der Waals surface area (Å²) in [7, 11) is 0. The van der Waals surface area contributed by atoms with Gasteiger partial charge in [-0.1, -0.05) is 0 Å². The van der Waals surface area contributed by atoms with Crippen LogP contribution in [-0.2, 0) is 22.3 Å². The molecular weight excluding hydrogens is 407 g/mol. The molecule has 1 aliphatic heterocycles. The van der Waals surface area contributed by atoms with E-state index in [1.54, 1.807) is 0 Å². The number of carbonyl (C=O) groups excluding carboxylic acids is 1. The molecule has 6 rings (SSSR count). The van der Waals surface area contributed by atoms with Gasteiger partial charge in [-0.2, -0.15) is 13.2 Å². The van der Waals surface area contributed by atoms with Crippen LogP contribution in [0.5, 0.6) is 0 Å². The molecule has 1 unspecified atom stereocenters. The minimum absolute atomic E-state index is 0.0154. The highest BCUT2D eigenvalue weighted by molar-refractivity contribution is 5.77. The van der Waals surface area contributed by atoms with E-state index in [9.17, 15) is 18.0 Å². The summed E-state index contributed by atoms with van der Waals surface area (Å²) >= 11 is 0. The Morgan fingerprint density at radius 2 is 1.87 bits per heavy atom. The minimum atomic E-state index is -4.40. The van der Waals surface area contributed by atoms with E-state index in [4.69, 9.17) is 4.74 Å². The highest BCUT2D eigenvalue weighted by Crippen LogP contribution is 2.53. The van der Waals surface area contributed by atoms with Crippen LogP contribution < -0.4 is 5.32 Å². The number of alkyl halides is 3. The quantitative estimate of drug-likeness (QED) is 0.764. The fraction of sp³-hybridized carbons (Fsp3) is 0.739. The summed E-state index contributed by atoms with van der Waals surface area (Å²) in [5.74, 6) is 2.98. The van der Waals surface area contributed by atoms with Crippen LogP contribution in [-0.4, -0.2) is 47.6 Å². The fourth-order valence-corrected chi connectivity index (χ4v) is 6.73. The minimum Gasteiger partial charge on any atom is -0.375 e. The van der Waals surface area contributed by atoms with E-state index in [1.165, 1.54) is 44.5 Å². The second-order valence-electron chi connectivity index (χ2n) is 9.99. The smallest absolute Gasteiger partial charge is 0.375 e. The number of hydrogen-bond acceptors (Lipinski definition) is 4. The number of nitrogens with one attached hydrogen (secondary N) is 1. The maximum atomic E-state index is 13.3. The van der Waals surface area contributed by atoms with Gasteiger partial charge in [0.05, 0.1) is 24.7 Å². The van der Waals surface area contributed by atoms with Crippen LogP contribution in [0.1, 0.15) is 49.7 Å². The Kier molecular flexibility index (Phi) is 5.71. The molecule has 5 aliphatic rings. The average molecular weight is 438 g/mol. The third kappa shape index (κ3) is 4.60. The Hall–Kier alpha value is -1.67. The molecule has 0 spiro atoms. The second-order valence-corrected chi connectivity index (χ2v) is 9.99. The second kappa shape index (κ2) is 8.35. The number of carbonyl (C=O) groups is 1. The number of hydrogen-bond donors (Lipinski definition) is 1. The molecule has 0 radical (unpaired) electrons. The van der Waals surface area contributed by atoms with Crippen molar-refractivity contribution in [3.63, 3.8) is 0 Å². The molecule has 1 atom stereocenters. The Bertz CT molecular complexity index is 788. The van der Waals surface area contributed by atoms with Crippen molar-refractivity contribution in [1.82, 2.24) is 15.2 Å². The first-order chi connectivity index (χ1) is 14.8. The molecule has 4 aliphatic carbocycles. The molecule has 8 heteroatoms. The summed E-state index contributed by atoms with van der Waals surface area (Å²) in [5.41, 5.74) is -0.487. The van der Waals surface area contributed by atoms with E-state index in [0.29, 0.717) is 37.6 Å². The van der Waals surface area contributed by atoms with Gasteiger partial charge < -0.3 is 10.1 Å². The maximum absolute atomic E-state index is 13.3. The average Bonchev–Trinajstić information content (AvgIpc) is 2.70. The molecular formula is C23H30F3N3O2. The van der Waals surface area contributed by atoms with Crippen LogP contribution in [0, 0.1) is 23.7 Å². The Morgan fingerprint density at radius 3 is 2.55 bits per heavy atom. The van der Waals surface area contributed by atoms with Gasteiger partial charge in [-0.05, 0) is 67.4 Å². The van der Waals surface area contributed by atoms with Gasteiger partial charge in [0.1, 0.15) is 0 Å². The molecule has 1 aromatic heterocycles. The van der Waals surface area contributed by atoms with E-state index in [1.807, 2.05) is 4.90 Å². The van der Waals surface area contributed by atoms with E-state index < -0.39 is 11.7 Å². The molecule has 170 valence electrons. The lowest BCUT2D eigenvalue weighted by atomic mass is 9.54. The number of morpholine rings is 1. The van der Waals surface area contributed by atoms with Gasteiger partial charge in [0.15, 0.2) is 0 Å².